The lowest BCUT2D eigenvalue weighted by Gasteiger charge is -2.05. The van der Waals surface area contributed by atoms with Gasteiger partial charge in [0, 0.05) is 35.9 Å². The lowest BCUT2D eigenvalue weighted by molar-refractivity contribution is 0.968. The predicted octanol–water partition coefficient (Wildman–Crippen LogP) is 4.01. The Bertz CT molecular complexity index is 752. The summed E-state index contributed by atoms with van der Waals surface area (Å²) < 4.78 is 2.10. The van der Waals surface area contributed by atoms with E-state index in [0.29, 0.717) is 0 Å². The van der Waals surface area contributed by atoms with Crippen molar-refractivity contribution in [3.63, 3.8) is 0 Å². The van der Waals surface area contributed by atoms with Crippen LogP contribution in [0.3, 0.4) is 0 Å². The second-order valence-electron chi connectivity index (χ2n) is 4.23. The van der Waals surface area contributed by atoms with Crippen molar-refractivity contribution in [2.75, 3.05) is 6.26 Å². The third-order valence-corrected chi connectivity index (χ3v) is 4.02. The predicted molar refractivity (Wildman–Crippen MR) is 80.7 cm³/mol. The number of rotatable bonds is 2. The fourth-order valence-corrected chi connectivity index (χ4v) is 2.86. The molecule has 0 aliphatic rings. The van der Waals surface area contributed by atoms with Crippen LogP contribution in [0.15, 0.2) is 41.6 Å². The molecule has 0 amide bonds. The molecule has 0 atom stereocenters. The Morgan fingerprint density at radius 1 is 1.26 bits per heavy atom. The van der Waals surface area contributed by atoms with Gasteiger partial charge in [-0.25, -0.2) is 9.97 Å². The van der Waals surface area contributed by atoms with E-state index in [4.69, 9.17) is 11.6 Å². The molecule has 0 spiro atoms. The van der Waals surface area contributed by atoms with Crippen molar-refractivity contribution in [2.24, 2.45) is 7.05 Å². The van der Waals surface area contributed by atoms with E-state index < -0.39 is 0 Å². The summed E-state index contributed by atoms with van der Waals surface area (Å²) in [5, 5.41) is 1.45. The third-order valence-electron chi connectivity index (χ3n) is 3.10. The van der Waals surface area contributed by atoms with Gasteiger partial charge in [-0.3, -0.25) is 0 Å². The number of hydrogen-bond acceptors (Lipinski definition) is 3. The number of para-hydroxylation sites is 1. The van der Waals surface area contributed by atoms with Crippen LogP contribution in [-0.2, 0) is 7.05 Å². The van der Waals surface area contributed by atoms with Crippen molar-refractivity contribution in [2.45, 2.75) is 4.90 Å². The Labute approximate surface area is 120 Å². The molecule has 3 nitrogen and oxygen atoms in total. The lowest BCUT2D eigenvalue weighted by Crippen LogP contribution is -1.90. The first-order valence-corrected chi connectivity index (χ1v) is 7.42. The molecule has 0 saturated carbocycles. The number of aromatic nitrogens is 3. The highest BCUT2D eigenvalue weighted by Gasteiger charge is 2.14. The highest BCUT2D eigenvalue weighted by atomic mass is 35.5. The van der Waals surface area contributed by atoms with Gasteiger partial charge in [0.25, 0.3) is 0 Å². The molecule has 96 valence electrons. The van der Waals surface area contributed by atoms with Crippen LogP contribution in [0.5, 0.6) is 0 Å². The van der Waals surface area contributed by atoms with E-state index in [2.05, 4.69) is 32.9 Å². The molecule has 1 aromatic carbocycles. The first kappa shape index (κ1) is 12.5. The summed E-state index contributed by atoms with van der Waals surface area (Å²) in [5.74, 6) is 0. The van der Waals surface area contributed by atoms with Gasteiger partial charge in [-0.1, -0.05) is 18.2 Å². The number of thioether (sulfide) groups is 1. The largest absolute Gasteiger partial charge is 0.350 e. The minimum Gasteiger partial charge on any atom is -0.350 e. The van der Waals surface area contributed by atoms with Crippen molar-refractivity contribution in [1.82, 2.24) is 14.5 Å². The van der Waals surface area contributed by atoms with E-state index >= 15 is 0 Å². The van der Waals surface area contributed by atoms with Crippen LogP contribution in [0.4, 0.5) is 0 Å². The van der Waals surface area contributed by atoms with E-state index in [1.165, 1.54) is 10.9 Å². The molecule has 5 heteroatoms. The van der Waals surface area contributed by atoms with Gasteiger partial charge < -0.3 is 4.57 Å². The Hall–Kier alpha value is -1.52. The Kier molecular flexibility index (Phi) is 3.21. The summed E-state index contributed by atoms with van der Waals surface area (Å²) in [6, 6.07) is 8.27. The SMILES string of the molecule is CSc1cnc(Cl)nc1-c1cn(C)c2ccccc12. The topological polar surface area (TPSA) is 30.7 Å². The van der Waals surface area contributed by atoms with Crippen molar-refractivity contribution in [3.05, 3.63) is 41.9 Å². The first-order chi connectivity index (χ1) is 9.20. The van der Waals surface area contributed by atoms with Gasteiger partial charge in [0.2, 0.25) is 5.28 Å². The summed E-state index contributed by atoms with van der Waals surface area (Å²) in [4.78, 5) is 9.48. The highest BCUT2D eigenvalue weighted by molar-refractivity contribution is 7.98. The number of nitrogens with zero attached hydrogens (tertiary/aromatic N) is 3. The molecule has 2 heterocycles. The maximum atomic E-state index is 5.94. The minimum atomic E-state index is 0.278. The van der Waals surface area contributed by atoms with Crippen LogP contribution >= 0.6 is 23.4 Å². The lowest BCUT2D eigenvalue weighted by atomic mass is 10.1. The normalized spacial score (nSPS) is 11.1. The number of aryl methyl sites for hydroxylation is 1. The zero-order valence-electron chi connectivity index (χ0n) is 10.6. The van der Waals surface area contributed by atoms with Gasteiger partial charge in [0.1, 0.15) is 0 Å². The van der Waals surface area contributed by atoms with Crippen LogP contribution in [0, 0.1) is 0 Å². The van der Waals surface area contributed by atoms with Gasteiger partial charge in [-0.05, 0) is 23.9 Å². The molecule has 0 fully saturated rings. The average Bonchev–Trinajstić information content (AvgIpc) is 2.77. The molecule has 0 aliphatic carbocycles. The van der Waals surface area contributed by atoms with Crippen molar-refractivity contribution < 1.29 is 0 Å². The standard InChI is InChI=1S/C14H12ClN3S/c1-18-8-10(9-5-3-4-6-11(9)18)13-12(19-2)7-16-14(15)17-13/h3-8H,1-2H3. The van der Waals surface area contributed by atoms with Gasteiger partial charge in [-0.15, -0.1) is 11.8 Å². The molecule has 0 aliphatic heterocycles. The molecule has 19 heavy (non-hydrogen) atoms. The van der Waals surface area contributed by atoms with Crippen molar-refractivity contribution in [1.29, 1.82) is 0 Å². The van der Waals surface area contributed by atoms with E-state index in [-0.39, 0.29) is 5.28 Å². The maximum absolute atomic E-state index is 5.94. The summed E-state index contributed by atoms with van der Waals surface area (Å²) in [5.41, 5.74) is 3.16. The molecule has 0 saturated heterocycles. The molecule has 3 rings (SSSR count). The number of halogens is 1. The van der Waals surface area contributed by atoms with Crippen LogP contribution in [0.2, 0.25) is 5.28 Å². The smallest absolute Gasteiger partial charge is 0.222 e. The van der Waals surface area contributed by atoms with E-state index in [1.807, 2.05) is 25.4 Å². The summed E-state index contributed by atoms with van der Waals surface area (Å²) >= 11 is 7.57. The van der Waals surface area contributed by atoms with Crippen LogP contribution < -0.4 is 0 Å². The molecule has 0 unspecified atom stereocenters. The summed E-state index contributed by atoms with van der Waals surface area (Å²) in [6.07, 6.45) is 5.88. The van der Waals surface area contributed by atoms with Gasteiger partial charge in [-0.2, -0.15) is 0 Å². The second kappa shape index (κ2) is 4.87. The van der Waals surface area contributed by atoms with Crippen LogP contribution in [-0.4, -0.2) is 20.8 Å². The highest BCUT2D eigenvalue weighted by Crippen LogP contribution is 2.34. The molecule has 0 radical (unpaired) electrons. The van der Waals surface area contributed by atoms with Crippen LogP contribution in [0.25, 0.3) is 22.2 Å². The van der Waals surface area contributed by atoms with Crippen molar-refractivity contribution in [3.8, 4) is 11.3 Å². The Balaban J connectivity index is 2.33. The van der Waals surface area contributed by atoms with E-state index in [0.717, 1.165) is 16.2 Å². The number of benzene rings is 1. The van der Waals surface area contributed by atoms with Crippen LogP contribution in [0.1, 0.15) is 0 Å². The number of hydrogen-bond donors (Lipinski definition) is 0. The fraction of sp³-hybridized carbons (Fsp3) is 0.143. The van der Waals surface area contributed by atoms with Crippen molar-refractivity contribution >= 4 is 34.3 Å². The average molecular weight is 290 g/mol. The zero-order chi connectivity index (χ0) is 13.4. The fourth-order valence-electron chi connectivity index (χ4n) is 2.22. The quantitative estimate of drug-likeness (QED) is 0.527. The van der Waals surface area contributed by atoms with E-state index in [1.54, 1.807) is 18.0 Å². The molecule has 0 bridgehead atoms. The summed E-state index contributed by atoms with van der Waals surface area (Å²) in [6.45, 7) is 0. The Morgan fingerprint density at radius 3 is 2.84 bits per heavy atom. The summed E-state index contributed by atoms with van der Waals surface area (Å²) in [7, 11) is 2.04. The zero-order valence-corrected chi connectivity index (χ0v) is 12.2. The molecule has 2 aromatic heterocycles. The Morgan fingerprint density at radius 2 is 2.05 bits per heavy atom. The third kappa shape index (κ3) is 2.11. The van der Waals surface area contributed by atoms with E-state index in [9.17, 15) is 0 Å². The van der Waals surface area contributed by atoms with Gasteiger partial charge in [0.15, 0.2) is 0 Å². The molecular weight excluding hydrogens is 278 g/mol. The van der Waals surface area contributed by atoms with Gasteiger partial charge >= 0.3 is 0 Å². The molecule has 0 N–H and O–H groups in total. The number of fused-ring (bicyclic) bond motifs is 1. The monoisotopic (exact) mass is 289 g/mol. The molecular formula is C14H12ClN3S. The minimum absolute atomic E-state index is 0.278. The van der Waals surface area contributed by atoms with Gasteiger partial charge in [0.05, 0.1) is 10.6 Å². The molecule has 3 aromatic rings. The maximum Gasteiger partial charge on any atom is 0.222 e. The first-order valence-electron chi connectivity index (χ1n) is 5.81. The second-order valence-corrected chi connectivity index (χ2v) is 5.41.